The zero-order chi connectivity index (χ0) is 35.0. The molecule has 11 heteroatoms. The molecule has 49 heavy (non-hydrogen) atoms. The van der Waals surface area contributed by atoms with Crippen LogP contribution >= 0.6 is 7.92 Å². The van der Waals surface area contributed by atoms with Crippen molar-refractivity contribution in [2.24, 2.45) is 0 Å². The van der Waals surface area contributed by atoms with Gasteiger partial charge in [0.25, 0.3) is 5.91 Å². The molecule has 0 fully saturated rings. The highest BCUT2D eigenvalue weighted by Crippen LogP contribution is 2.37. The van der Waals surface area contributed by atoms with Crippen molar-refractivity contribution in [2.45, 2.75) is 30.9 Å². The van der Waals surface area contributed by atoms with Crippen LogP contribution in [0.2, 0.25) is 0 Å². The maximum absolute atomic E-state index is 14.1. The Labute approximate surface area is 280 Å². The van der Waals surface area contributed by atoms with E-state index < -0.39 is 60.9 Å². The van der Waals surface area contributed by atoms with E-state index in [1.807, 2.05) is 91.0 Å². The van der Waals surface area contributed by atoms with Crippen LogP contribution in [0.15, 0.2) is 140 Å². The van der Waals surface area contributed by atoms with Crippen LogP contribution < -0.4 is 21.2 Å². The minimum atomic E-state index is -5.15. The minimum absolute atomic E-state index is 0.0515. The average Bonchev–Trinajstić information content (AvgIpc) is 3.10. The molecule has 0 aliphatic rings. The number of rotatable bonds is 11. The van der Waals surface area contributed by atoms with Gasteiger partial charge in [0.05, 0.1) is 11.1 Å². The standard InChI is InChI=1S/C38H31F6N2O2P/c39-37(40,41)29-22-28(23-30(24-29)38(42,43)44)35(47)46-34(27-15-7-2-8-16-27)36(48)45-31(21-26-13-5-1-6-14-26)25-49(32-17-9-3-10-18-32)33-19-11-4-12-20-33/h1-20,22-24,31,34H,21,25H2,(H,45,48)(H,46,47)/t31-,34-/m0/s1. The van der Waals surface area contributed by atoms with Gasteiger partial charge < -0.3 is 10.6 Å². The van der Waals surface area contributed by atoms with Gasteiger partial charge in [-0.05, 0) is 60.4 Å². The average molecular weight is 693 g/mol. The van der Waals surface area contributed by atoms with Gasteiger partial charge in [0.15, 0.2) is 0 Å². The van der Waals surface area contributed by atoms with Gasteiger partial charge in [0.2, 0.25) is 5.91 Å². The van der Waals surface area contributed by atoms with Crippen molar-refractivity contribution in [3.8, 4) is 0 Å². The summed E-state index contributed by atoms with van der Waals surface area (Å²) < 4.78 is 81.4. The molecule has 2 atom stereocenters. The predicted octanol–water partition coefficient (Wildman–Crippen LogP) is 8.06. The highest BCUT2D eigenvalue weighted by Gasteiger charge is 2.38. The van der Waals surface area contributed by atoms with Gasteiger partial charge in [-0.15, -0.1) is 0 Å². The van der Waals surface area contributed by atoms with Crippen LogP contribution in [0, 0.1) is 0 Å². The van der Waals surface area contributed by atoms with Gasteiger partial charge >= 0.3 is 12.4 Å². The van der Waals surface area contributed by atoms with Gasteiger partial charge in [-0.2, -0.15) is 26.3 Å². The van der Waals surface area contributed by atoms with E-state index in [9.17, 15) is 35.9 Å². The van der Waals surface area contributed by atoms with E-state index in [1.165, 1.54) is 0 Å². The summed E-state index contributed by atoms with van der Waals surface area (Å²) in [5.74, 6) is -1.93. The second-order valence-corrected chi connectivity index (χ2v) is 13.5. The number of alkyl halides is 6. The maximum atomic E-state index is 14.1. The molecule has 5 aromatic carbocycles. The van der Waals surface area contributed by atoms with Gasteiger partial charge in [-0.3, -0.25) is 9.59 Å². The molecule has 0 heterocycles. The molecule has 0 saturated heterocycles. The fourth-order valence-electron chi connectivity index (χ4n) is 5.39. The van der Waals surface area contributed by atoms with Crippen LogP contribution in [-0.4, -0.2) is 24.0 Å². The third-order valence-corrected chi connectivity index (χ3v) is 10.4. The van der Waals surface area contributed by atoms with Crippen molar-refractivity contribution in [3.63, 3.8) is 0 Å². The van der Waals surface area contributed by atoms with E-state index in [0.29, 0.717) is 30.3 Å². The summed E-state index contributed by atoms with van der Waals surface area (Å²) in [5, 5.41) is 7.63. The first-order chi connectivity index (χ1) is 23.4. The first-order valence-electron chi connectivity index (χ1n) is 15.3. The minimum Gasteiger partial charge on any atom is -0.351 e. The molecular weight excluding hydrogens is 661 g/mol. The lowest BCUT2D eigenvalue weighted by Gasteiger charge is -2.28. The van der Waals surface area contributed by atoms with Crippen molar-refractivity contribution < 1.29 is 35.9 Å². The van der Waals surface area contributed by atoms with Crippen molar-refractivity contribution in [1.82, 2.24) is 10.6 Å². The SMILES string of the molecule is O=C(N[C@H](C(=O)N[C@@H](Cc1ccccc1)CP(c1ccccc1)c1ccccc1)c1ccccc1)c1cc(C(F)(F)F)cc(C(F)(F)F)c1. The second-order valence-electron chi connectivity index (χ2n) is 11.3. The van der Waals surface area contributed by atoms with Crippen LogP contribution in [0.5, 0.6) is 0 Å². The van der Waals surface area contributed by atoms with Gasteiger partial charge in [0.1, 0.15) is 6.04 Å². The van der Waals surface area contributed by atoms with Crippen LogP contribution in [-0.2, 0) is 23.6 Å². The molecule has 0 radical (unpaired) electrons. The molecule has 4 nitrogen and oxygen atoms in total. The fourth-order valence-corrected chi connectivity index (χ4v) is 7.83. The van der Waals surface area contributed by atoms with Crippen molar-refractivity contribution in [1.29, 1.82) is 0 Å². The monoisotopic (exact) mass is 692 g/mol. The third-order valence-electron chi connectivity index (χ3n) is 7.73. The molecule has 0 aliphatic carbocycles. The smallest absolute Gasteiger partial charge is 0.351 e. The molecule has 5 rings (SSSR count). The number of carbonyl (C=O) groups excluding carboxylic acids is 2. The quantitative estimate of drug-likeness (QED) is 0.109. The molecule has 2 amide bonds. The van der Waals surface area contributed by atoms with Crippen LogP contribution in [0.3, 0.4) is 0 Å². The van der Waals surface area contributed by atoms with E-state index in [-0.39, 0.29) is 6.07 Å². The lowest BCUT2D eigenvalue weighted by atomic mass is 10.0. The summed E-state index contributed by atoms with van der Waals surface area (Å²) in [6.07, 6.45) is -9.37. The van der Waals surface area contributed by atoms with Crippen molar-refractivity contribution in [3.05, 3.63) is 167 Å². The lowest BCUT2D eigenvalue weighted by Crippen LogP contribution is -2.47. The Bertz CT molecular complexity index is 1770. The predicted molar refractivity (Wildman–Crippen MR) is 179 cm³/mol. The molecule has 5 aromatic rings. The summed E-state index contributed by atoms with van der Waals surface area (Å²) in [6.45, 7) is 0. The molecular formula is C38H31F6N2O2P. The number of nitrogens with one attached hydrogen (secondary N) is 2. The molecule has 0 bridgehead atoms. The number of carbonyl (C=O) groups is 2. The molecule has 0 saturated carbocycles. The number of amides is 2. The second kappa shape index (κ2) is 15.5. The Morgan fingerprint density at radius 2 is 1.04 bits per heavy atom. The zero-order valence-corrected chi connectivity index (χ0v) is 26.8. The highest BCUT2D eigenvalue weighted by molar-refractivity contribution is 7.73. The summed E-state index contributed by atoms with van der Waals surface area (Å²) in [7, 11) is -0.988. The Morgan fingerprint density at radius 3 is 1.51 bits per heavy atom. The van der Waals surface area contributed by atoms with Gasteiger partial charge in [-0.1, -0.05) is 121 Å². The Balaban J connectivity index is 1.49. The van der Waals surface area contributed by atoms with Gasteiger partial charge in [-0.25, -0.2) is 0 Å². The fraction of sp³-hybridized carbons (Fsp3) is 0.158. The summed E-state index contributed by atoms with van der Waals surface area (Å²) in [6, 6.07) is 35.9. The van der Waals surface area contributed by atoms with Crippen LogP contribution in [0.4, 0.5) is 26.3 Å². The largest absolute Gasteiger partial charge is 0.416 e. The Kier molecular flexibility index (Phi) is 11.2. The summed E-state index contributed by atoms with van der Waals surface area (Å²) in [4.78, 5) is 27.5. The highest BCUT2D eigenvalue weighted by atomic mass is 31.1. The lowest BCUT2D eigenvalue weighted by molar-refractivity contribution is -0.143. The van der Waals surface area contributed by atoms with E-state index >= 15 is 0 Å². The molecule has 0 aliphatic heterocycles. The summed E-state index contributed by atoms with van der Waals surface area (Å²) in [5.41, 5.74) is -2.91. The molecule has 0 aromatic heterocycles. The number of hydrogen-bond acceptors (Lipinski definition) is 2. The molecule has 0 spiro atoms. The van der Waals surface area contributed by atoms with Crippen LogP contribution in [0.25, 0.3) is 0 Å². The van der Waals surface area contributed by atoms with E-state index in [4.69, 9.17) is 0 Å². The van der Waals surface area contributed by atoms with E-state index in [1.54, 1.807) is 30.3 Å². The Morgan fingerprint density at radius 1 is 0.592 bits per heavy atom. The third kappa shape index (κ3) is 9.57. The first kappa shape index (κ1) is 35.4. The molecule has 2 N–H and O–H groups in total. The Hall–Kier alpha value is -4.95. The maximum Gasteiger partial charge on any atom is 0.416 e. The number of hydrogen-bond donors (Lipinski definition) is 2. The van der Waals surface area contributed by atoms with E-state index in [0.717, 1.165) is 16.2 Å². The normalized spacial score (nSPS) is 13.0. The van der Waals surface area contributed by atoms with E-state index in [2.05, 4.69) is 10.6 Å². The molecule has 0 unspecified atom stereocenters. The van der Waals surface area contributed by atoms with Crippen LogP contribution in [0.1, 0.15) is 38.7 Å². The van der Waals surface area contributed by atoms with Crippen molar-refractivity contribution in [2.75, 3.05) is 6.16 Å². The van der Waals surface area contributed by atoms with Crippen molar-refractivity contribution >= 4 is 30.3 Å². The molecule has 252 valence electrons. The number of halogens is 6. The zero-order valence-electron chi connectivity index (χ0n) is 25.9. The first-order valence-corrected chi connectivity index (χ1v) is 16.8. The summed E-state index contributed by atoms with van der Waals surface area (Å²) >= 11 is 0. The van der Waals surface area contributed by atoms with Gasteiger partial charge in [0, 0.05) is 11.6 Å². The number of benzene rings is 5. The topological polar surface area (TPSA) is 58.2 Å².